The number of pyridine rings is 1. The van der Waals surface area contributed by atoms with Crippen molar-refractivity contribution < 1.29 is 29.0 Å². The van der Waals surface area contributed by atoms with Crippen LogP contribution in [0.15, 0.2) is 24.5 Å². The normalized spacial score (nSPS) is 7.00. The van der Waals surface area contributed by atoms with E-state index in [2.05, 4.69) is 4.98 Å². The molecule has 0 fully saturated rings. The fourth-order valence-electron chi connectivity index (χ4n) is 0.461. The first-order valence-electron chi connectivity index (χ1n) is 2.29. The molecule has 0 amide bonds. The summed E-state index contributed by atoms with van der Waals surface area (Å²) in [6.45, 7) is 0. The molecule has 0 bridgehead atoms. The van der Waals surface area contributed by atoms with Crippen molar-refractivity contribution in [3.63, 3.8) is 0 Å². The lowest BCUT2D eigenvalue weighted by molar-refractivity contribution is -0.378. The number of nitriles is 1. The molecule has 0 aliphatic heterocycles. The second kappa shape index (κ2) is 4.27. The van der Waals surface area contributed by atoms with Gasteiger partial charge in [0.25, 0.3) is 0 Å². The summed E-state index contributed by atoms with van der Waals surface area (Å²) < 4.78 is 0. The maximum Gasteiger partial charge on any atom is 0.168 e. The number of halogens is 1. The molecule has 46 valence electrons. The van der Waals surface area contributed by atoms with Crippen LogP contribution < -0.4 is 29.0 Å². The van der Waals surface area contributed by atoms with Gasteiger partial charge in [-0.3, -0.25) is 0 Å². The Labute approximate surface area is 70.6 Å². The van der Waals surface area contributed by atoms with Crippen molar-refractivity contribution in [1.29, 1.82) is 5.26 Å². The molecule has 1 heterocycles. The van der Waals surface area contributed by atoms with E-state index in [1.165, 1.54) is 0 Å². The third kappa shape index (κ3) is 2.42. The fraction of sp³-hybridized carbons (Fsp3) is 0. The lowest BCUT2D eigenvalue weighted by Gasteiger charge is -1.74. The molecule has 2 nitrogen and oxygen atoms in total. The Balaban J connectivity index is 0.000000640. The van der Waals surface area contributed by atoms with E-state index in [1.54, 1.807) is 24.5 Å². The molecule has 1 rings (SSSR count). The predicted molar refractivity (Wildman–Crippen MR) is 27.7 cm³/mol. The zero-order chi connectivity index (χ0) is 5.82. The Morgan fingerprint density at radius 1 is 1.33 bits per heavy atom. The molecule has 0 unspecified atom stereocenters. The first kappa shape index (κ1) is 8.37. The van der Waals surface area contributed by atoms with Gasteiger partial charge >= 0.3 is 0 Å². The first-order valence-corrected chi connectivity index (χ1v) is 2.29. The van der Waals surface area contributed by atoms with Crippen molar-refractivity contribution in [3.05, 3.63) is 30.1 Å². The van der Waals surface area contributed by atoms with Gasteiger partial charge in [0.15, 0.2) is 12.4 Å². The van der Waals surface area contributed by atoms with Gasteiger partial charge in [-0.15, -0.1) is 0 Å². The van der Waals surface area contributed by atoms with Gasteiger partial charge in [-0.1, -0.05) is 0 Å². The van der Waals surface area contributed by atoms with Crippen LogP contribution in [0.25, 0.3) is 0 Å². The molecule has 0 aromatic carbocycles. The van der Waals surface area contributed by atoms with Crippen LogP contribution in [0.5, 0.6) is 0 Å². The summed E-state index contributed by atoms with van der Waals surface area (Å²) in [6.07, 6.45) is 3.44. The topological polar surface area (TPSA) is 37.9 Å². The smallest absolute Gasteiger partial charge is 0.168 e. The fourth-order valence-corrected chi connectivity index (χ4v) is 0.461. The molecule has 1 aromatic rings. The van der Waals surface area contributed by atoms with Crippen molar-refractivity contribution in [2.24, 2.45) is 0 Å². The van der Waals surface area contributed by atoms with E-state index < -0.39 is 0 Å². The van der Waals surface area contributed by atoms with Crippen LogP contribution in [-0.4, -0.2) is 0 Å². The van der Waals surface area contributed by atoms with Crippen molar-refractivity contribution in [2.75, 3.05) is 0 Å². The van der Waals surface area contributed by atoms with Crippen LogP contribution in [0.1, 0.15) is 5.56 Å². The van der Waals surface area contributed by atoms with Crippen molar-refractivity contribution in [1.82, 2.24) is 0 Å². The molecule has 1 aromatic heterocycles. The molecular weight excluding hydrogens is 227 g/mol. The minimum absolute atomic E-state index is 0. The summed E-state index contributed by atoms with van der Waals surface area (Å²) in [6, 6.07) is 5.45. The Hall–Kier alpha value is -0.630. The van der Waals surface area contributed by atoms with E-state index in [1.807, 2.05) is 6.07 Å². The number of H-pyrrole nitrogens is 1. The number of hydrogen-bond acceptors (Lipinski definition) is 1. The molecule has 0 atom stereocenters. The van der Waals surface area contributed by atoms with Gasteiger partial charge in [0, 0.05) is 12.1 Å². The van der Waals surface area contributed by atoms with Crippen molar-refractivity contribution in [2.45, 2.75) is 0 Å². The van der Waals surface area contributed by atoms with Crippen molar-refractivity contribution >= 4 is 0 Å². The lowest BCUT2D eigenvalue weighted by Crippen LogP contribution is -3.00. The van der Waals surface area contributed by atoms with E-state index in [0.29, 0.717) is 5.56 Å². The molecule has 0 aliphatic carbocycles. The highest BCUT2D eigenvalue weighted by Crippen LogP contribution is 1.87. The van der Waals surface area contributed by atoms with Crippen LogP contribution in [0.4, 0.5) is 0 Å². The SMILES string of the molecule is N#Cc1cc[nH+]cc1.[I-]. The van der Waals surface area contributed by atoms with Crippen LogP contribution in [0, 0.1) is 11.3 Å². The van der Waals surface area contributed by atoms with Gasteiger partial charge in [0.05, 0.1) is 11.6 Å². The summed E-state index contributed by atoms with van der Waals surface area (Å²) in [4.78, 5) is 2.82. The van der Waals surface area contributed by atoms with Crippen molar-refractivity contribution in [3.8, 4) is 6.07 Å². The third-order valence-electron chi connectivity index (χ3n) is 0.847. The Kier molecular flexibility index (Phi) is 3.97. The van der Waals surface area contributed by atoms with Crippen LogP contribution in [0.3, 0.4) is 0 Å². The second-order valence-electron chi connectivity index (χ2n) is 1.40. The maximum atomic E-state index is 8.27. The number of rotatable bonds is 0. The Morgan fingerprint density at radius 2 is 1.89 bits per heavy atom. The molecular formula is C6H5IN2. The highest BCUT2D eigenvalue weighted by Gasteiger charge is 1.84. The van der Waals surface area contributed by atoms with Gasteiger partial charge in [0.2, 0.25) is 0 Å². The van der Waals surface area contributed by atoms with Crippen LogP contribution in [-0.2, 0) is 0 Å². The molecule has 9 heavy (non-hydrogen) atoms. The maximum absolute atomic E-state index is 8.27. The highest BCUT2D eigenvalue weighted by atomic mass is 127. The van der Waals surface area contributed by atoms with Crippen LogP contribution >= 0.6 is 0 Å². The Morgan fingerprint density at radius 3 is 2.22 bits per heavy atom. The molecule has 0 saturated heterocycles. The largest absolute Gasteiger partial charge is 1.00 e. The molecule has 0 radical (unpaired) electrons. The predicted octanol–water partition coefficient (Wildman–Crippen LogP) is -2.62. The molecule has 0 saturated carbocycles. The van der Waals surface area contributed by atoms with E-state index in [9.17, 15) is 0 Å². The quantitative estimate of drug-likeness (QED) is 0.451. The number of aromatic nitrogens is 1. The number of nitrogens with zero attached hydrogens (tertiary/aromatic N) is 1. The van der Waals surface area contributed by atoms with Crippen LogP contribution in [0.2, 0.25) is 0 Å². The van der Waals surface area contributed by atoms with E-state index in [0.717, 1.165) is 0 Å². The average molecular weight is 232 g/mol. The third-order valence-corrected chi connectivity index (χ3v) is 0.847. The van der Waals surface area contributed by atoms with E-state index >= 15 is 0 Å². The Bertz CT molecular complexity index is 202. The summed E-state index contributed by atoms with van der Waals surface area (Å²) in [7, 11) is 0. The van der Waals surface area contributed by atoms with E-state index in [4.69, 9.17) is 5.26 Å². The summed E-state index contributed by atoms with van der Waals surface area (Å²) in [5.74, 6) is 0. The summed E-state index contributed by atoms with van der Waals surface area (Å²) in [5, 5.41) is 8.27. The second-order valence-corrected chi connectivity index (χ2v) is 1.40. The van der Waals surface area contributed by atoms with Gasteiger partial charge in [-0.05, 0) is 0 Å². The minimum Gasteiger partial charge on any atom is -1.00 e. The molecule has 3 heteroatoms. The molecule has 0 aliphatic rings. The summed E-state index contributed by atoms with van der Waals surface area (Å²) in [5.41, 5.74) is 0.684. The minimum atomic E-state index is 0. The van der Waals surface area contributed by atoms with Gasteiger partial charge in [-0.25, -0.2) is 4.98 Å². The zero-order valence-corrected chi connectivity index (χ0v) is 6.79. The average Bonchev–Trinajstić information content (AvgIpc) is 1.90. The number of nitrogens with one attached hydrogen (secondary N) is 1. The van der Waals surface area contributed by atoms with Gasteiger partial charge in [0.1, 0.15) is 0 Å². The zero-order valence-electron chi connectivity index (χ0n) is 4.63. The first-order chi connectivity index (χ1) is 3.93. The van der Waals surface area contributed by atoms with Gasteiger partial charge in [-0.2, -0.15) is 5.26 Å². The highest BCUT2D eigenvalue weighted by molar-refractivity contribution is 5.23. The lowest BCUT2D eigenvalue weighted by atomic mass is 10.3. The summed E-state index contributed by atoms with van der Waals surface area (Å²) >= 11 is 0. The monoisotopic (exact) mass is 232 g/mol. The molecule has 0 spiro atoms. The number of hydrogen-bond donors (Lipinski definition) is 0. The number of aromatic amines is 1. The van der Waals surface area contributed by atoms with Gasteiger partial charge < -0.3 is 24.0 Å². The standard InChI is InChI=1S/C6H4N2.HI/c7-5-6-1-3-8-4-2-6;/h1-4H;1H. The molecule has 1 N–H and O–H groups in total. The van der Waals surface area contributed by atoms with E-state index in [-0.39, 0.29) is 24.0 Å².